The van der Waals surface area contributed by atoms with E-state index in [0.717, 1.165) is 11.9 Å². The lowest BCUT2D eigenvalue weighted by Gasteiger charge is -2.24. The van der Waals surface area contributed by atoms with Crippen molar-refractivity contribution in [3.63, 3.8) is 0 Å². The standard InChI is InChI=1S/C18H25N3O4/c1-12(2)6-7-18(3,23)11-20-17(22)8-13-10-19-16-5-4-14(21(24)25)9-15(13)16/h4-5,9-10,12,19,23H,6-8,11H2,1-3H3,(H,20,22). The van der Waals surface area contributed by atoms with Gasteiger partial charge >= 0.3 is 0 Å². The number of fused-ring (bicyclic) bond motifs is 1. The summed E-state index contributed by atoms with van der Waals surface area (Å²) in [6, 6.07) is 4.52. The second kappa shape index (κ2) is 7.65. The van der Waals surface area contributed by atoms with E-state index >= 15 is 0 Å². The Morgan fingerprint density at radius 1 is 1.44 bits per heavy atom. The van der Waals surface area contributed by atoms with Crippen molar-refractivity contribution in [2.45, 2.75) is 45.6 Å². The minimum absolute atomic E-state index is 0.00891. The quantitative estimate of drug-likeness (QED) is 0.504. The van der Waals surface area contributed by atoms with Gasteiger partial charge in [-0.05, 0) is 37.3 Å². The van der Waals surface area contributed by atoms with Crippen molar-refractivity contribution < 1.29 is 14.8 Å². The Morgan fingerprint density at radius 3 is 2.80 bits per heavy atom. The van der Waals surface area contributed by atoms with Crippen LogP contribution in [0.3, 0.4) is 0 Å². The first-order valence-electron chi connectivity index (χ1n) is 8.41. The van der Waals surface area contributed by atoms with Crippen molar-refractivity contribution >= 4 is 22.5 Å². The molecule has 0 bridgehead atoms. The molecule has 0 aliphatic rings. The average molecular weight is 347 g/mol. The van der Waals surface area contributed by atoms with E-state index in [2.05, 4.69) is 24.1 Å². The van der Waals surface area contributed by atoms with E-state index in [1.165, 1.54) is 12.1 Å². The first kappa shape index (κ1) is 18.9. The molecule has 1 heterocycles. The summed E-state index contributed by atoms with van der Waals surface area (Å²) < 4.78 is 0. The Labute approximate surface area is 146 Å². The van der Waals surface area contributed by atoms with Gasteiger partial charge < -0.3 is 15.4 Å². The van der Waals surface area contributed by atoms with Crippen LogP contribution in [0.1, 0.15) is 39.2 Å². The molecule has 1 unspecified atom stereocenters. The van der Waals surface area contributed by atoms with Crippen LogP contribution in [-0.2, 0) is 11.2 Å². The highest BCUT2D eigenvalue weighted by Gasteiger charge is 2.22. The van der Waals surface area contributed by atoms with Gasteiger partial charge in [-0.25, -0.2) is 0 Å². The molecule has 0 saturated carbocycles. The number of hydrogen-bond donors (Lipinski definition) is 3. The van der Waals surface area contributed by atoms with Crippen LogP contribution in [0.25, 0.3) is 10.9 Å². The summed E-state index contributed by atoms with van der Waals surface area (Å²) in [7, 11) is 0. The summed E-state index contributed by atoms with van der Waals surface area (Å²) in [5, 5.41) is 24.6. The van der Waals surface area contributed by atoms with Gasteiger partial charge in [-0.3, -0.25) is 14.9 Å². The lowest BCUT2D eigenvalue weighted by molar-refractivity contribution is -0.384. The summed E-state index contributed by atoms with van der Waals surface area (Å²) in [5.41, 5.74) is 0.486. The Morgan fingerprint density at radius 2 is 2.16 bits per heavy atom. The van der Waals surface area contributed by atoms with Gasteiger partial charge in [0.05, 0.1) is 16.9 Å². The highest BCUT2D eigenvalue weighted by Crippen LogP contribution is 2.24. The highest BCUT2D eigenvalue weighted by atomic mass is 16.6. The van der Waals surface area contributed by atoms with Crippen molar-refractivity contribution in [2.24, 2.45) is 5.92 Å². The number of carbonyl (C=O) groups is 1. The molecule has 136 valence electrons. The van der Waals surface area contributed by atoms with Crippen molar-refractivity contribution in [3.8, 4) is 0 Å². The molecule has 1 aromatic heterocycles. The SMILES string of the molecule is CC(C)CCC(C)(O)CNC(=O)Cc1c[nH]c2ccc([N+](=O)[O-])cc12. The van der Waals surface area contributed by atoms with Crippen LogP contribution in [0.5, 0.6) is 0 Å². The number of aromatic amines is 1. The summed E-state index contributed by atoms with van der Waals surface area (Å²) in [6.45, 7) is 6.07. The Hall–Kier alpha value is -2.41. The number of nitro groups is 1. The topological polar surface area (TPSA) is 108 Å². The molecular formula is C18H25N3O4. The minimum atomic E-state index is -0.946. The molecule has 0 radical (unpaired) electrons. The minimum Gasteiger partial charge on any atom is -0.388 e. The fourth-order valence-corrected chi connectivity index (χ4v) is 2.64. The third-order valence-corrected chi connectivity index (χ3v) is 4.24. The van der Waals surface area contributed by atoms with Crippen LogP contribution in [0.2, 0.25) is 0 Å². The lowest BCUT2D eigenvalue weighted by Crippen LogP contribution is -2.41. The average Bonchev–Trinajstić information content (AvgIpc) is 2.93. The van der Waals surface area contributed by atoms with E-state index in [9.17, 15) is 20.0 Å². The van der Waals surface area contributed by atoms with Gasteiger partial charge in [-0.2, -0.15) is 0 Å². The van der Waals surface area contributed by atoms with E-state index < -0.39 is 10.5 Å². The van der Waals surface area contributed by atoms with Crippen molar-refractivity contribution in [1.82, 2.24) is 10.3 Å². The van der Waals surface area contributed by atoms with Gasteiger partial charge in [0.1, 0.15) is 0 Å². The number of carbonyl (C=O) groups excluding carboxylic acids is 1. The van der Waals surface area contributed by atoms with Crippen LogP contribution in [0.4, 0.5) is 5.69 Å². The Kier molecular flexibility index (Phi) is 5.79. The van der Waals surface area contributed by atoms with E-state index in [-0.39, 0.29) is 24.6 Å². The zero-order valence-corrected chi connectivity index (χ0v) is 14.8. The van der Waals surface area contributed by atoms with Crippen LogP contribution >= 0.6 is 0 Å². The summed E-state index contributed by atoms with van der Waals surface area (Å²) >= 11 is 0. The first-order valence-corrected chi connectivity index (χ1v) is 8.41. The lowest BCUT2D eigenvalue weighted by atomic mass is 9.95. The number of hydrogen-bond acceptors (Lipinski definition) is 4. The molecule has 0 saturated heterocycles. The molecule has 0 aliphatic carbocycles. The van der Waals surface area contributed by atoms with Crippen molar-refractivity contribution in [1.29, 1.82) is 0 Å². The predicted octanol–water partition coefficient (Wildman–Crippen LogP) is 2.92. The maximum atomic E-state index is 12.2. The predicted molar refractivity (Wildman–Crippen MR) is 96.4 cm³/mol. The number of non-ortho nitro benzene ring substituents is 1. The van der Waals surface area contributed by atoms with E-state index in [4.69, 9.17) is 0 Å². The molecular weight excluding hydrogens is 322 g/mol. The first-order chi connectivity index (χ1) is 11.7. The third-order valence-electron chi connectivity index (χ3n) is 4.24. The molecule has 0 aliphatic heterocycles. The van der Waals surface area contributed by atoms with Gasteiger partial charge in [-0.15, -0.1) is 0 Å². The maximum absolute atomic E-state index is 12.2. The molecule has 2 aromatic rings. The number of amides is 1. The molecule has 1 aromatic carbocycles. The molecule has 0 fully saturated rings. The zero-order chi connectivity index (χ0) is 18.6. The van der Waals surface area contributed by atoms with Crippen LogP contribution < -0.4 is 5.32 Å². The summed E-state index contributed by atoms with van der Waals surface area (Å²) in [6.07, 6.45) is 3.28. The molecule has 0 spiro atoms. The number of benzene rings is 1. The van der Waals surface area contributed by atoms with E-state index in [0.29, 0.717) is 23.3 Å². The normalized spacial score (nSPS) is 13.8. The number of rotatable bonds is 8. The summed E-state index contributed by atoms with van der Waals surface area (Å²) in [5.74, 6) is 0.265. The molecule has 7 heteroatoms. The van der Waals surface area contributed by atoms with Gasteiger partial charge in [0.15, 0.2) is 0 Å². The van der Waals surface area contributed by atoms with Gasteiger partial charge in [-0.1, -0.05) is 13.8 Å². The van der Waals surface area contributed by atoms with Crippen molar-refractivity contribution in [3.05, 3.63) is 40.1 Å². The number of aliphatic hydroxyl groups is 1. The maximum Gasteiger partial charge on any atom is 0.270 e. The molecule has 1 atom stereocenters. The molecule has 3 N–H and O–H groups in total. The number of nitro benzene ring substituents is 1. The van der Waals surface area contributed by atoms with Crippen LogP contribution in [0, 0.1) is 16.0 Å². The van der Waals surface area contributed by atoms with Crippen LogP contribution in [0.15, 0.2) is 24.4 Å². The summed E-state index contributed by atoms with van der Waals surface area (Å²) in [4.78, 5) is 25.7. The van der Waals surface area contributed by atoms with Crippen LogP contribution in [-0.4, -0.2) is 33.1 Å². The Balaban J connectivity index is 2.00. The smallest absolute Gasteiger partial charge is 0.270 e. The zero-order valence-electron chi connectivity index (χ0n) is 14.8. The molecule has 7 nitrogen and oxygen atoms in total. The van der Waals surface area contributed by atoms with Gasteiger partial charge in [0, 0.05) is 35.8 Å². The number of H-pyrrole nitrogens is 1. The van der Waals surface area contributed by atoms with E-state index in [1.54, 1.807) is 19.2 Å². The fourth-order valence-electron chi connectivity index (χ4n) is 2.64. The number of nitrogens with zero attached hydrogens (tertiary/aromatic N) is 1. The van der Waals surface area contributed by atoms with Gasteiger partial charge in [0.25, 0.3) is 5.69 Å². The van der Waals surface area contributed by atoms with E-state index in [1.807, 2.05) is 0 Å². The fraction of sp³-hybridized carbons (Fsp3) is 0.500. The largest absolute Gasteiger partial charge is 0.388 e. The highest BCUT2D eigenvalue weighted by molar-refractivity contribution is 5.90. The second-order valence-corrected chi connectivity index (χ2v) is 7.18. The van der Waals surface area contributed by atoms with Crippen molar-refractivity contribution in [2.75, 3.05) is 6.54 Å². The Bertz CT molecular complexity index is 765. The molecule has 2 rings (SSSR count). The number of aromatic nitrogens is 1. The third kappa shape index (κ3) is 5.29. The second-order valence-electron chi connectivity index (χ2n) is 7.18. The number of nitrogens with one attached hydrogen (secondary N) is 2. The molecule has 25 heavy (non-hydrogen) atoms. The molecule has 1 amide bonds. The van der Waals surface area contributed by atoms with Gasteiger partial charge in [0.2, 0.25) is 5.91 Å². The monoisotopic (exact) mass is 347 g/mol.